The van der Waals surface area contributed by atoms with Crippen LogP contribution in [-0.4, -0.2) is 34.6 Å². The molecule has 0 aromatic carbocycles. The lowest BCUT2D eigenvalue weighted by atomic mass is 9.83. The van der Waals surface area contributed by atoms with Crippen LogP contribution in [0.2, 0.25) is 0 Å². The zero-order chi connectivity index (χ0) is 15.8. The minimum absolute atomic E-state index is 0.0947. The second-order valence-corrected chi connectivity index (χ2v) is 7.39. The van der Waals surface area contributed by atoms with Gasteiger partial charge in [0.05, 0.1) is 0 Å². The summed E-state index contributed by atoms with van der Waals surface area (Å²) in [5.41, 5.74) is 1.20. The Kier molecular flexibility index (Phi) is 3.87. The van der Waals surface area contributed by atoms with Crippen LogP contribution >= 0.6 is 0 Å². The highest BCUT2D eigenvalue weighted by Crippen LogP contribution is 2.35. The minimum Gasteiger partial charge on any atom is -0.335 e. The number of urea groups is 1. The molecule has 1 saturated heterocycles. The predicted octanol–water partition coefficient (Wildman–Crippen LogP) is 2.31. The van der Waals surface area contributed by atoms with E-state index < -0.39 is 0 Å². The Balaban J connectivity index is 1.47. The topological polar surface area (TPSA) is 54.3 Å². The molecule has 5 heteroatoms. The van der Waals surface area contributed by atoms with Crippen molar-refractivity contribution in [3.8, 4) is 0 Å². The minimum atomic E-state index is 0.0947. The van der Waals surface area contributed by atoms with Crippen LogP contribution in [-0.2, 0) is 6.54 Å². The number of nitrogens with zero attached hydrogens (tertiary/aromatic N) is 2. The third-order valence-electron chi connectivity index (χ3n) is 5.70. The highest BCUT2D eigenvalue weighted by Gasteiger charge is 2.36. The number of carbonyl (C=O) groups is 1. The third kappa shape index (κ3) is 2.89. The fraction of sp³-hybridized carbons (Fsp3) is 0.667. The number of piperidine rings is 1. The maximum absolute atomic E-state index is 12.6. The van der Waals surface area contributed by atoms with Crippen LogP contribution in [0, 0.1) is 5.92 Å². The van der Waals surface area contributed by atoms with Crippen molar-refractivity contribution in [3.05, 3.63) is 34.2 Å². The molecule has 0 radical (unpaired) electrons. The molecule has 124 valence electrons. The molecular formula is C18H25N3O2. The monoisotopic (exact) mass is 315 g/mol. The second-order valence-electron chi connectivity index (χ2n) is 7.39. The number of amides is 2. The molecule has 1 aliphatic carbocycles. The maximum atomic E-state index is 12.6. The molecule has 5 nitrogen and oxygen atoms in total. The fourth-order valence-corrected chi connectivity index (χ4v) is 4.58. The summed E-state index contributed by atoms with van der Waals surface area (Å²) in [5.74, 6) is 0.701. The molecule has 2 amide bonds. The molecule has 23 heavy (non-hydrogen) atoms. The van der Waals surface area contributed by atoms with Gasteiger partial charge in [-0.05, 0) is 31.2 Å². The molecule has 4 rings (SSSR count). The molecule has 3 aliphatic rings. The van der Waals surface area contributed by atoms with Gasteiger partial charge in [0, 0.05) is 43.4 Å². The second kappa shape index (κ2) is 6.02. The number of likely N-dealkylation sites (tertiary alicyclic amines) is 1. The predicted molar refractivity (Wildman–Crippen MR) is 88.5 cm³/mol. The van der Waals surface area contributed by atoms with Crippen molar-refractivity contribution >= 4 is 6.03 Å². The van der Waals surface area contributed by atoms with Gasteiger partial charge in [-0.15, -0.1) is 0 Å². The summed E-state index contributed by atoms with van der Waals surface area (Å²) < 4.78 is 1.91. The zero-order valence-corrected chi connectivity index (χ0v) is 13.5. The first-order valence-corrected chi connectivity index (χ1v) is 8.96. The molecule has 1 aromatic heterocycles. The summed E-state index contributed by atoms with van der Waals surface area (Å²) in [6.07, 6.45) is 7.08. The molecule has 0 unspecified atom stereocenters. The first kappa shape index (κ1) is 14.8. The van der Waals surface area contributed by atoms with E-state index >= 15 is 0 Å². The van der Waals surface area contributed by atoms with E-state index in [1.54, 1.807) is 6.07 Å². The number of pyridine rings is 1. The highest BCUT2D eigenvalue weighted by molar-refractivity contribution is 5.74. The molecule has 2 fully saturated rings. The van der Waals surface area contributed by atoms with E-state index in [1.165, 1.54) is 19.3 Å². The Morgan fingerprint density at radius 1 is 1.09 bits per heavy atom. The van der Waals surface area contributed by atoms with E-state index in [0.717, 1.165) is 44.6 Å². The van der Waals surface area contributed by atoms with E-state index in [0.29, 0.717) is 17.9 Å². The average molecular weight is 315 g/mol. The van der Waals surface area contributed by atoms with E-state index in [2.05, 4.69) is 5.32 Å². The van der Waals surface area contributed by atoms with Gasteiger partial charge in [0.15, 0.2) is 0 Å². The van der Waals surface area contributed by atoms with Gasteiger partial charge in [0.25, 0.3) is 5.56 Å². The first-order chi connectivity index (χ1) is 11.2. The van der Waals surface area contributed by atoms with Crippen molar-refractivity contribution in [1.82, 2.24) is 14.8 Å². The summed E-state index contributed by atoms with van der Waals surface area (Å²) in [6, 6.07) is 5.98. The standard InChI is InChI=1S/C18H25N3O2/c22-17-8-4-7-16-14-9-13(11-21(16)17)10-20(12-14)18(23)19-15-5-2-1-3-6-15/h4,7-8,13-15H,1-3,5-6,9-12H2,(H,19,23)/t13-,14+/m1/s1. The smallest absolute Gasteiger partial charge is 0.317 e. The van der Waals surface area contributed by atoms with Crippen LogP contribution in [0.5, 0.6) is 0 Å². The van der Waals surface area contributed by atoms with Crippen LogP contribution in [0.25, 0.3) is 0 Å². The molecular weight excluding hydrogens is 290 g/mol. The van der Waals surface area contributed by atoms with Gasteiger partial charge < -0.3 is 14.8 Å². The quantitative estimate of drug-likeness (QED) is 0.864. The van der Waals surface area contributed by atoms with Gasteiger partial charge in [0.1, 0.15) is 0 Å². The van der Waals surface area contributed by atoms with Crippen molar-refractivity contribution in [1.29, 1.82) is 0 Å². The molecule has 3 heterocycles. The summed E-state index contributed by atoms with van der Waals surface area (Å²) >= 11 is 0. The number of rotatable bonds is 1. The van der Waals surface area contributed by atoms with Crippen molar-refractivity contribution in [2.75, 3.05) is 13.1 Å². The number of aromatic nitrogens is 1. The van der Waals surface area contributed by atoms with Crippen LogP contribution in [0.3, 0.4) is 0 Å². The number of fused-ring (bicyclic) bond motifs is 4. The molecule has 2 atom stereocenters. The van der Waals surface area contributed by atoms with Gasteiger partial charge in [-0.1, -0.05) is 25.3 Å². The molecule has 2 bridgehead atoms. The van der Waals surface area contributed by atoms with Crippen molar-refractivity contribution in [2.24, 2.45) is 5.92 Å². The first-order valence-electron chi connectivity index (χ1n) is 8.96. The molecule has 2 aliphatic heterocycles. The van der Waals surface area contributed by atoms with E-state index in [4.69, 9.17) is 0 Å². The Morgan fingerprint density at radius 2 is 1.91 bits per heavy atom. The lowest BCUT2D eigenvalue weighted by Crippen LogP contribution is -2.53. The largest absolute Gasteiger partial charge is 0.335 e. The molecule has 0 spiro atoms. The Hall–Kier alpha value is -1.78. The highest BCUT2D eigenvalue weighted by atomic mass is 16.2. The van der Waals surface area contributed by atoms with Gasteiger partial charge in [-0.25, -0.2) is 4.79 Å². The van der Waals surface area contributed by atoms with E-state index in [9.17, 15) is 9.59 Å². The van der Waals surface area contributed by atoms with Gasteiger partial charge in [-0.3, -0.25) is 4.79 Å². The Morgan fingerprint density at radius 3 is 2.74 bits per heavy atom. The average Bonchev–Trinajstić information content (AvgIpc) is 2.57. The van der Waals surface area contributed by atoms with E-state index in [-0.39, 0.29) is 11.6 Å². The summed E-state index contributed by atoms with van der Waals surface area (Å²) in [6.45, 7) is 2.26. The summed E-state index contributed by atoms with van der Waals surface area (Å²) in [5, 5.41) is 3.23. The van der Waals surface area contributed by atoms with Crippen molar-refractivity contribution in [3.63, 3.8) is 0 Å². The SMILES string of the molecule is O=C(NC1CCCCC1)N1C[C@H]2C[C@@H](C1)c1cccc(=O)n1C2. The molecule has 1 aromatic rings. The van der Waals surface area contributed by atoms with Gasteiger partial charge in [-0.2, -0.15) is 0 Å². The Labute approximate surface area is 136 Å². The fourth-order valence-electron chi connectivity index (χ4n) is 4.58. The lowest BCUT2D eigenvalue weighted by molar-refractivity contribution is 0.127. The van der Waals surface area contributed by atoms with Crippen LogP contribution in [0.15, 0.2) is 23.0 Å². The number of carbonyl (C=O) groups excluding carboxylic acids is 1. The molecule has 1 saturated carbocycles. The van der Waals surface area contributed by atoms with Crippen molar-refractivity contribution in [2.45, 2.75) is 57.0 Å². The van der Waals surface area contributed by atoms with E-state index in [1.807, 2.05) is 21.6 Å². The maximum Gasteiger partial charge on any atom is 0.317 e. The third-order valence-corrected chi connectivity index (χ3v) is 5.70. The number of hydrogen-bond donors (Lipinski definition) is 1. The van der Waals surface area contributed by atoms with Crippen LogP contribution in [0.1, 0.15) is 50.1 Å². The van der Waals surface area contributed by atoms with Crippen molar-refractivity contribution < 1.29 is 4.79 Å². The summed E-state index contributed by atoms with van der Waals surface area (Å²) in [4.78, 5) is 26.6. The normalized spacial score (nSPS) is 27.4. The lowest BCUT2D eigenvalue weighted by Gasteiger charge is -2.43. The Bertz CT molecular complexity index is 648. The van der Waals surface area contributed by atoms with Crippen LogP contribution < -0.4 is 10.9 Å². The van der Waals surface area contributed by atoms with Gasteiger partial charge >= 0.3 is 6.03 Å². The molecule has 1 N–H and O–H groups in total. The van der Waals surface area contributed by atoms with Crippen LogP contribution in [0.4, 0.5) is 4.79 Å². The van der Waals surface area contributed by atoms with Gasteiger partial charge in [0.2, 0.25) is 0 Å². The summed E-state index contributed by atoms with van der Waals surface area (Å²) in [7, 11) is 0. The number of hydrogen-bond acceptors (Lipinski definition) is 2. The zero-order valence-electron chi connectivity index (χ0n) is 13.5. The number of nitrogens with one attached hydrogen (secondary N) is 1.